The minimum absolute atomic E-state index is 0.0140. The molecule has 2 aromatic rings. The highest BCUT2D eigenvalue weighted by Crippen LogP contribution is 2.32. The molecule has 0 spiro atoms. The number of likely N-dealkylation sites (N-methyl/N-ethyl adjacent to an activating group) is 1. The molecule has 0 saturated heterocycles. The van der Waals surface area contributed by atoms with E-state index < -0.39 is 22.0 Å². The van der Waals surface area contributed by atoms with E-state index in [2.05, 4.69) is 5.32 Å². The van der Waals surface area contributed by atoms with Crippen molar-refractivity contribution in [2.24, 2.45) is 0 Å². The fourth-order valence-electron chi connectivity index (χ4n) is 3.21. The van der Waals surface area contributed by atoms with Crippen molar-refractivity contribution in [2.45, 2.75) is 30.8 Å². The number of benzene rings is 1. The first kappa shape index (κ1) is 20.5. The van der Waals surface area contributed by atoms with E-state index in [1.807, 2.05) is 36.5 Å². The van der Waals surface area contributed by atoms with Crippen LogP contribution in [0, 0.1) is 0 Å². The first-order valence-electron chi connectivity index (χ1n) is 8.85. The van der Waals surface area contributed by atoms with Gasteiger partial charge in [-0.15, -0.1) is 11.3 Å². The molecule has 28 heavy (non-hydrogen) atoms. The van der Waals surface area contributed by atoms with Crippen LogP contribution in [-0.2, 0) is 10.0 Å². The molecule has 9 heteroatoms. The minimum Gasteiger partial charge on any atom is -0.350 e. The number of nitrogens with zero attached hydrogens (tertiary/aromatic N) is 2. The topological polar surface area (TPSA) is 86.8 Å². The van der Waals surface area contributed by atoms with Crippen molar-refractivity contribution >= 4 is 33.2 Å². The summed E-state index contributed by atoms with van der Waals surface area (Å²) < 4.78 is 26.2. The number of amides is 2. The van der Waals surface area contributed by atoms with Crippen molar-refractivity contribution in [3.8, 4) is 0 Å². The largest absolute Gasteiger partial charge is 0.350 e. The van der Waals surface area contributed by atoms with Gasteiger partial charge in [-0.2, -0.15) is 0 Å². The molecule has 1 aromatic carbocycles. The molecule has 0 radical (unpaired) electrons. The summed E-state index contributed by atoms with van der Waals surface area (Å²) in [5.41, 5.74) is 0.319. The second-order valence-corrected chi connectivity index (χ2v) is 9.88. The number of thiophene rings is 1. The van der Waals surface area contributed by atoms with Gasteiger partial charge in [0.15, 0.2) is 0 Å². The molecule has 7 nitrogen and oxygen atoms in total. The lowest BCUT2D eigenvalue weighted by atomic mass is 10.1. The summed E-state index contributed by atoms with van der Waals surface area (Å²) in [6.07, 6.45) is 0. The standard InChI is InChI=1S/C19H23N3O4S2/c1-12(2)22-19(24)14-8-7-13(10-17(14)28(22,25)26)18(23)20-11-15(21(3)4)16-6-5-9-27-16/h5-10,12,15H,11H2,1-4H3,(H,20,23). The van der Waals surface area contributed by atoms with Gasteiger partial charge in [0.05, 0.1) is 11.6 Å². The maximum atomic E-state index is 12.7. The quantitative estimate of drug-likeness (QED) is 0.774. The first-order valence-corrected chi connectivity index (χ1v) is 11.2. The molecule has 1 atom stereocenters. The normalized spacial score (nSPS) is 16.5. The van der Waals surface area contributed by atoms with E-state index in [0.717, 1.165) is 9.18 Å². The molecular formula is C19H23N3O4S2. The number of hydrogen-bond donors (Lipinski definition) is 1. The maximum absolute atomic E-state index is 12.7. The fraction of sp³-hybridized carbons (Fsp3) is 0.368. The SMILES string of the molecule is CC(C)N1C(=O)c2ccc(C(=O)NCC(c3cccs3)N(C)C)cc2S1(=O)=O. The van der Waals surface area contributed by atoms with Crippen molar-refractivity contribution in [1.82, 2.24) is 14.5 Å². The minimum atomic E-state index is -3.93. The Morgan fingerprint density at radius 3 is 2.54 bits per heavy atom. The van der Waals surface area contributed by atoms with E-state index in [0.29, 0.717) is 6.54 Å². The predicted molar refractivity (Wildman–Crippen MR) is 108 cm³/mol. The number of nitrogens with one attached hydrogen (secondary N) is 1. The summed E-state index contributed by atoms with van der Waals surface area (Å²) in [5.74, 6) is -0.931. The molecule has 150 valence electrons. The van der Waals surface area contributed by atoms with Crippen LogP contribution < -0.4 is 5.32 Å². The van der Waals surface area contributed by atoms with Gasteiger partial charge >= 0.3 is 0 Å². The average Bonchev–Trinajstić information content (AvgIpc) is 3.20. The van der Waals surface area contributed by atoms with E-state index in [1.54, 1.807) is 25.2 Å². The smallest absolute Gasteiger partial charge is 0.269 e. The van der Waals surface area contributed by atoms with E-state index in [4.69, 9.17) is 0 Å². The van der Waals surface area contributed by atoms with Crippen LogP contribution in [0.2, 0.25) is 0 Å². The van der Waals surface area contributed by atoms with E-state index >= 15 is 0 Å². The average molecular weight is 422 g/mol. The predicted octanol–water partition coefficient (Wildman–Crippen LogP) is 2.33. The van der Waals surface area contributed by atoms with Crippen molar-refractivity contribution in [2.75, 3.05) is 20.6 Å². The highest BCUT2D eigenvalue weighted by molar-refractivity contribution is 7.90. The Labute approximate surface area is 169 Å². The van der Waals surface area contributed by atoms with Crippen molar-refractivity contribution < 1.29 is 18.0 Å². The molecule has 0 bridgehead atoms. The van der Waals surface area contributed by atoms with Gasteiger partial charge < -0.3 is 10.2 Å². The third kappa shape index (κ3) is 3.57. The number of carbonyl (C=O) groups is 2. The molecule has 3 rings (SSSR count). The monoisotopic (exact) mass is 421 g/mol. The summed E-state index contributed by atoms with van der Waals surface area (Å²) in [6.45, 7) is 3.66. The Hall–Kier alpha value is -2.23. The molecule has 1 aliphatic heterocycles. The Bertz CT molecular complexity index is 998. The van der Waals surface area contributed by atoms with Gasteiger partial charge in [-0.05, 0) is 57.6 Å². The zero-order valence-corrected chi connectivity index (χ0v) is 17.8. The lowest BCUT2D eigenvalue weighted by molar-refractivity contribution is 0.0845. The Morgan fingerprint density at radius 1 is 1.25 bits per heavy atom. The lowest BCUT2D eigenvalue weighted by Crippen LogP contribution is -2.36. The van der Waals surface area contributed by atoms with Crippen molar-refractivity contribution in [1.29, 1.82) is 0 Å². The Morgan fingerprint density at radius 2 is 1.96 bits per heavy atom. The maximum Gasteiger partial charge on any atom is 0.269 e. The van der Waals surface area contributed by atoms with Gasteiger partial charge in [0.25, 0.3) is 21.8 Å². The van der Waals surface area contributed by atoms with Gasteiger partial charge in [-0.1, -0.05) is 6.07 Å². The van der Waals surface area contributed by atoms with Gasteiger partial charge in [0, 0.05) is 23.0 Å². The van der Waals surface area contributed by atoms with Crippen LogP contribution in [0.4, 0.5) is 0 Å². The third-order valence-electron chi connectivity index (χ3n) is 4.63. The molecule has 0 saturated carbocycles. The molecular weight excluding hydrogens is 398 g/mol. The summed E-state index contributed by atoms with van der Waals surface area (Å²) in [6, 6.07) is 7.68. The summed E-state index contributed by atoms with van der Waals surface area (Å²) >= 11 is 1.61. The number of sulfonamides is 1. The fourth-order valence-corrected chi connectivity index (χ4v) is 5.92. The third-order valence-corrected chi connectivity index (χ3v) is 7.60. The highest BCUT2D eigenvalue weighted by Gasteiger charge is 2.42. The second-order valence-electron chi connectivity index (χ2n) is 7.12. The highest BCUT2D eigenvalue weighted by atomic mass is 32.2. The van der Waals surface area contributed by atoms with Crippen LogP contribution in [-0.4, -0.2) is 56.1 Å². The molecule has 1 N–H and O–H groups in total. The first-order chi connectivity index (χ1) is 13.1. The molecule has 1 unspecified atom stereocenters. The number of hydrogen-bond acceptors (Lipinski definition) is 6. The van der Waals surface area contributed by atoms with Gasteiger partial charge in [-0.25, -0.2) is 12.7 Å². The van der Waals surface area contributed by atoms with Crippen molar-refractivity contribution in [3.05, 3.63) is 51.7 Å². The summed E-state index contributed by atoms with van der Waals surface area (Å²) in [7, 11) is -0.0635. The van der Waals surface area contributed by atoms with Crippen LogP contribution in [0.25, 0.3) is 0 Å². The Balaban J connectivity index is 1.82. The number of carbonyl (C=O) groups excluding carboxylic acids is 2. The number of rotatable bonds is 6. The van der Waals surface area contributed by atoms with E-state index in [-0.39, 0.29) is 28.0 Å². The summed E-state index contributed by atoms with van der Waals surface area (Å²) in [4.78, 5) is 28.1. The molecule has 1 aromatic heterocycles. The molecule has 0 fully saturated rings. The van der Waals surface area contributed by atoms with Crippen molar-refractivity contribution in [3.63, 3.8) is 0 Å². The number of fused-ring (bicyclic) bond motifs is 1. The molecule has 1 aliphatic rings. The van der Waals surface area contributed by atoms with E-state index in [9.17, 15) is 18.0 Å². The zero-order valence-electron chi connectivity index (χ0n) is 16.2. The lowest BCUT2D eigenvalue weighted by Gasteiger charge is -2.23. The van der Waals surface area contributed by atoms with Crippen LogP contribution in [0.5, 0.6) is 0 Å². The van der Waals surface area contributed by atoms with Gasteiger partial charge in [0.1, 0.15) is 4.90 Å². The van der Waals surface area contributed by atoms with Gasteiger partial charge in [0.2, 0.25) is 0 Å². The van der Waals surface area contributed by atoms with Crippen LogP contribution in [0.15, 0.2) is 40.6 Å². The second kappa shape index (κ2) is 7.65. The van der Waals surface area contributed by atoms with Gasteiger partial charge in [-0.3, -0.25) is 9.59 Å². The van der Waals surface area contributed by atoms with Crippen LogP contribution in [0.3, 0.4) is 0 Å². The summed E-state index contributed by atoms with van der Waals surface area (Å²) in [5, 5.41) is 4.85. The van der Waals surface area contributed by atoms with E-state index in [1.165, 1.54) is 18.2 Å². The molecule has 2 heterocycles. The van der Waals surface area contributed by atoms with Crippen LogP contribution >= 0.6 is 11.3 Å². The van der Waals surface area contributed by atoms with Crippen LogP contribution in [0.1, 0.15) is 45.5 Å². The zero-order chi connectivity index (χ0) is 20.6. The molecule has 0 aliphatic carbocycles. The Kier molecular flexibility index (Phi) is 5.60. The molecule has 2 amide bonds.